The Labute approximate surface area is 246 Å². The number of carbonyl (C=O) groups is 2. The van der Waals surface area contributed by atoms with Gasteiger partial charge in [-0.1, -0.05) is 12.1 Å². The van der Waals surface area contributed by atoms with Crippen molar-refractivity contribution >= 4 is 17.6 Å². The Kier molecular flexibility index (Phi) is 9.19. The summed E-state index contributed by atoms with van der Waals surface area (Å²) < 4.78 is 134. The van der Waals surface area contributed by atoms with Crippen LogP contribution in [0.25, 0.3) is 0 Å². The van der Waals surface area contributed by atoms with Crippen molar-refractivity contribution in [1.82, 2.24) is 9.80 Å². The number of urea groups is 1. The third kappa shape index (κ3) is 7.23. The third-order valence-electron chi connectivity index (χ3n) is 8.48. The molecule has 0 radical (unpaired) electrons. The molecule has 2 aliphatic rings. The van der Waals surface area contributed by atoms with E-state index in [-0.39, 0.29) is 44.8 Å². The van der Waals surface area contributed by atoms with Crippen LogP contribution in [0.4, 0.5) is 54.4 Å². The van der Waals surface area contributed by atoms with Crippen LogP contribution in [0.15, 0.2) is 42.5 Å². The smallest absolute Gasteiger partial charge is 0.340 e. The van der Waals surface area contributed by atoms with Gasteiger partial charge in [-0.15, -0.1) is 0 Å². The Morgan fingerprint density at radius 2 is 1.30 bits per heavy atom. The van der Waals surface area contributed by atoms with Crippen molar-refractivity contribution in [1.29, 1.82) is 0 Å². The molecule has 1 heterocycles. The molecule has 44 heavy (non-hydrogen) atoms. The minimum atomic E-state index is -5.13. The molecule has 242 valence electrons. The molecule has 2 aromatic rings. The Morgan fingerprint density at radius 1 is 0.773 bits per heavy atom. The van der Waals surface area contributed by atoms with Crippen molar-refractivity contribution < 1.29 is 53.5 Å². The van der Waals surface area contributed by atoms with Crippen LogP contribution < -0.4 is 4.90 Å². The van der Waals surface area contributed by atoms with Crippen LogP contribution in [-0.4, -0.2) is 61.1 Å². The van der Waals surface area contributed by atoms with Crippen LogP contribution in [-0.2, 0) is 17.1 Å². The van der Waals surface area contributed by atoms with E-state index < -0.39 is 76.9 Å². The molecule has 1 saturated heterocycles. The van der Waals surface area contributed by atoms with Crippen molar-refractivity contribution in [2.24, 2.45) is 11.8 Å². The van der Waals surface area contributed by atoms with E-state index in [4.69, 9.17) is 0 Å². The first kappa shape index (κ1) is 33.4. The highest BCUT2D eigenvalue weighted by Gasteiger charge is 2.46. The predicted molar refractivity (Wildman–Crippen MR) is 139 cm³/mol. The Bertz CT molecular complexity index is 1320. The van der Waals surface area contributed by atoms with Gasteiger partial charge in [0.25, 0.3) is 0 Å². The summed E-state index contributed by atoms with van der Waals surface area (Å²) >= 11 is 0. The van der Waals surface area contributed by atoms with Crippen LogP contribution in [0, 0.1) is 17.7 Å². The maximum atomic E-state index is 13.7. The molecule has 2 atom stereocenters. The lowest BCUT2D eigenvalue weighted by atomic mass is 9.81. The van der Waals surface area contributed by atoms with Crippen LogP contribution in [0.3, 0.4) is 0 Å². The molecule has 1 aliphatic carbocycles. The van der Waals surface area contributed by atoms with Crippen molar-refractivity contribution in [3.63, 3.8) is 0 Å². The van der Waals surface area contributed by atoms with E-state index in [1.165, 1.54) is 24.1 Å². The van der Waals surface area contributed by atoms with Gasteiger partial charge in [0.2, 0.25) is 5.91 Å². The van der Waals surface area contributed by atoms with Crippen LogP contribution in [0.2, 0.25) is 0 Å². The zero-order valence-electron chi connectivity index (χ0n) is 23.5. The summed E-state index contributed by atoms with van der Waals surface area (Å²) in [5, 5.41) is 0. The Balaban J connectivity index is 1.60. The zero-order chi connectivity index (χ0) is 32.8. The number of benzene rings is 2. The molecule has 5 nitrogen and oxygen atoms in total. The first-order valence-electron chi connectivity index (χ1n) is 13.7. The number of amides is 3. The molecular formula is C29H29F10N3O2. The molecule has 15 heteroatoms. The number of likely N-dealkylation sites (N-methyl/N-ethyl adjacent to an activating group) is 1. The minimum absolute atomic E-state index is 0.0114. The fourth-order valence-electron chi connectivity index (χ4n) is 5.94. The van der Waals surface area contributed by atoms with Gasteiger partial charge in [0.15, 0.2) is 0 Å². The highest BCUT2D eigenvalue weighted by Crippen LogP contribution is 2.42. The number of anilines is 1. The van der Waals surface area contributed by atoms with Gasteiger partial charge in [-0.05, 0) is 61.6 Å². The van der Waals surface area contributed by atoms with E-state index in [1.807, 2.05) is 0 Å². The van der Waals surface area contributed by atoms with Gasteiger partial charge in [-0.2, -0.15) is 39.5 Å². The number of likely N-dealkylation sites (tertiary alicyclic amines) is 1. The molecule has 0 spiro atoms. The average Bonchev–Trinajstić information content (AvgIpc) is 3.40. The van der Waals surface area contributed by atoms with Crippen molar-refractivity contribution in [3.05, 3.63) is 65.0 Å². The summed E-state index contributed by atoms with van der Waals surface area (Å²) in [4.78, 5) is 30.0. The van der Waals surface area contributed by atoms with Crippen LogP contribution in [0.1, 0.15) is 48.3 Å². The van der Waals surface area contributed by atoms with Gasteiger partial charge in [0.05, 0.1) is 23.1 Å². The fourth-order valence-corrected chi connectivity index (χ4v) is 5.94. The summed E-state index contributed by atoms with van der Waals surface area (Å²) in [7, 11) is 2.29. The van der Waals surface area contributed by atoms with E-state index in [1.54, 1.807) is 0 Å². The highest BCUT2D eigenvalue weighted by molar-refractivity contribution is 5.92. The van der Waals surface area contributed by atoms with E-state index in [9.17, 15) is 53.5 Å². The molecule has 2 aromatic carbocycles. The lowest BCUT2D eigenvalue weighted by Crippen LogP contribution is -2.48. The second-order valence-electron chi connectivity index (χ2n) is 11.3. The zero-order valence-corrected chi connectivity index (χ0v) is 23.5. The average molecular weight is 642 g/mol. The summed E-state index contributed by atoms with van der Waals surface area (Å²) in [5.41, 5.74) is -3.37. The number of hydrogen-bond acceptors (Lipinski definition) is 2. The van der Waals surface area contributed by atoms with Crippen molar-refractivity contribution in [2.75, 3.05) is 32.1 Å². The minimum Gasteiger partial charge on any atom is -0.340 e. The molecular weight excluding hydrogens is 612 g/mol. The molecule has 1 saturated carbocycles. The quantitative estimate of drug-likeness (QED) is 0.321. The van der Waals surface area contributed by atoms with Crippen molar-refractivity contribution in [2.45, 2.75) is 56.2 Å². The van der Waals surface area contributed by atoms with Crippen molar-refractivity contribution in [3.8, 4) is 0 Å². The second-order valence-corrected chi connectivity index (χ2v) is 11.3. The van der Waals surface area contributed by atoms with E-state index in [0.29, 0.717) is 22.6 Å². The molecule has 2 fully saturated rings. The standard InChI is InChI=1S/C29H29F10N3O2/c1-40(22-12-19(28(34,35)36)11-20(13-22)29(37,38)39)26(44)41(2)24-15-42(14-23(24)16-5-9-21(30)10-6-16)25(43)17-3-7-18(8-4-17)27(31,32)33/h5-6,9-13,17-18,23-24H,3-4,7-8,14-15H2,1-2H3/t17?,18?,23-,24+/m0/s1. The molecule has 0 unspecified atom stereocenters. The lowest BCUT2D eigenvalue weighted by molar-refractivity contribution is -0.185. The number of hydrogen-bond donors (Lipinski definition) is 0. The molecule has 1 aliphatic heterocycles. The first-order valence-corrected chi connectivity index (χ1v) is 13.7. The lowest BCUT2D eigenvalue weighted by Gasteiger charge is -2.33. The third-order valence-corrected chi connectivity index (χ3v) is 8.48. The largest absolute Gasteiger partial charge is 0.416 e. The highest BCUT2D eigenvalue weighted by atomic mass is 19.4. The number of halogens is 10. The molecule has 0 bridgehead atoms. The summed E-state index contributed by atoms with van der Waals surface area (Å²) in [6, 6.07) is 4.13. The summed E-state index contributed by atoms with van der Waals surface area (Å²) in [6.07, 6.45) is -15.0. The number of carbonyl (C=O) groups excluding carboxylic acids is 2. The Hall–Kier alpha value is -3.52. The second kappa shape index (κ2) is 12.1. The number of nitrogens with zero attached hydrogens (tertiary/aromatic N) is 3. The maximum Gasteiger partial charge on any atom is 0.416 e. The summed E-state index contributed by atoms with van der Waals surface area (Å²) in [5.74, 6) is -3.80. The predicted octanol–water partition coefficient (Wildman–Crippen LogP) is 7.71. The van der Waals surface area contributed by atoms with Gasteiger partial charge < -0.3 is 9.80 Å². The van der Waals surface area contributed by atoms with Gasteiger partial charge in [0, 0.05) is 44.7 Å². The monoisotopic (exact) mass is 641 g/mol. The number of rotatable bonds is 4. The SMILES string of the molecule is CN(C(=O)N(C)[C@@H]1CN(C(=O)C2CCC(C(F)(F)F)CC2)C[C@H]1c1ccc(F)cc1)c1cc(C(F)(F)F)cc(C(F)(F)F)c1. The fraction of sp³-hybridized carbons (Fsp3) is 0.517. The molecule has 0 N–H and O–H groups in total. The van der Waals surface area contributed by atoms with E-state index >= 15 is 0 Å². The molecule has 3 amide bonds. The van der Waals surface area contributed by atoms with Gasteiger partial charge in [-0.25, -0.2) is 9.18 Å². The van der Waals surface area contributed by atoms with E-state index in [2.05, 4.69) is 0 Å². The van der Waals surface area contributed by atoms with Gasteiger partial charge >= 0.3 is 24.6 Å². The summed E-state index contributed by atoms with van der Waals surface area (Å²) in [6.45, 7) is -0.0933. The topological polar surface area (TPSA) is 43.9 Å². The molecule has 4 rings (SSSR count). The molecule has 0 aromatic heterocycles. The Morgan fingerprint density at radius 3 is 1.77 bits per heavy atom. The van der Waals surface area contributed by atoms with Crippen LogP contribution >= 0.6 is 0 Å². The first-order chi connectivity index (χ1) is 20.3. The normalized spacial score (nSPS) is 23.0. The van der Waals surface area contributed by atoms with Gasteiger partial charge in [-0.3, -0.25) is 9.69 Å². The van der Waals surface area contributed by atoms with Crippen LogP contribution in [0.5, 0.6) is 0 Å². The van der Waals surface area contributed by atoms with E-state index in [0.717, 1.165) is 24.1 Å². The van der Waals surface area contributed by atoms with Gasteiger partial charge in [0.1, 0.15) is 5.82 Å². The maximum absolute atomic E-state index is 13.7. The number of alkyl halides is 9.